The Morgan fingerprint density at radius 3 is 0.786 bits per heavy atom. The molecule has 0 aromatic rings. The zero-order valence-corrected chi connectivity index (χ0v) is 16.6. The SMILES string of the molecule is O=P(O)(O)O[C@@H]1[C@@H](OP(=O)(O)O)[C@H](OP(=O)(O)O)[C@@H](O)[C@H](O)[C@H]1OP(=O)(O)O. The summed E-state index contributed by atoms with van der Waals surface area (Å²) in [4.78, 5) is 71.1. The number of aliphatic hydroxyl groups excluding tert-OH is 2. The van der Waals surface area contributed by atoms with Gasteiger partial charge in [0.25, 0.3) is 0 Å². The number of phosphoric acid groups is 4. The van der Waals surface area contributed by atoms with E-state index in [4.69, 9.17) is 39.1 Å². The Bertz CT molecular complexity index is 664. The molecule has 6 atom stereocenters. The van der Waals surface area contributed by atoms with Crippen LogP contribution in [0.3, 0.4) is 0 Å². The largest absolute Gasteiger partial charge is 0.470 e. The van der Waals surface area contributed by atoms with Gasteiger partial charge in [-0.2, -0.15) is 0 Å². The quantitative estimate of drug-likeness (QED) is 0.145. The van der Waals surface area contributed by atoms with Gasteiger partial charge in [-0.3, -0.25) is 18.1 Å². The highest BCUT2D eigenvalue weighted by atomic mass is 31.2. The second-order valence-electron chi connectivity index (χ2n) is 5.22. The molecular formula is C6H16O18P4. The predicted molar refractivity (Wildman–Crippen MR) is 79.7 cm³/mol. The molecule has 0 bridgehead atoms. The van der Waals surface area contributed by atoms with Gasteiger partial charge < -0.3 is 49.4 Å². The van der Waals surface area contributed by atoms with Gasteiger partial charge in [-0.15, -0.1) is 0 Å². The number of phosphoric ester groups is 4. The minimum Gasteiger partial charge on any atom is -0.387 e. The van der Waals surface area contributed by atoms with E-state index in [0.29, 0.717) is 0 Å². The van der Waals surface area contributed by atoms with Crippen molar-refractivity contribution in [3.63, 3.8) is 0 Å². The Balaban J connectivity index is 3.53. The summed E-state index contributed by atoms with van der Waals surface area (Å²) in [6.07, 6.45) is -15.9. The van der Waals surface area contributed by atoms with Crippen LogP contribution >= 0.6 is 31.3 Å². The van der Waals surface area contributed by atoms with Gasteiger partial charge in [0, 0.05) is 0 Å². The van der Waals surface area contributed by atoms with E-state index in [1.54, 1.807) is 0 Å². The van der Waals surface area contributed by atoms with Crippen molar-refractivity contribution < 1.29 is 85.7 Å². The molecule has 0 aliphatic heterocycles. The average Bonchev–Trinajstić information content (AvgIpc) is 2.39. The Hall–Kier alpha value is 0.360. The van der Waals surface area contributed by atoms with Gasteiger partial charge >= 0.3 is 31.3 Å². The molecule has 1 saturated carbocycles. The van der Waals surface area contributed by atoms with Crippen LogP contribution in [0, 0.1) is 0 Å². The third-order valence-electron chi connectivity index (χ3n) is 3.03. The minimum atomic E-state index is -5.67. The van der Waals surface area contributed by atoms with Gasteiger partial charge in [0.2, 0.25) is 0 Å². The summed E-state index contributed by atoms with van der Waals surface area (Å²) in [5, 5.41) is 19.8. The van der Waals surface area contributed by atoms with E-state index in [1.165, 1.54) is 0 Å². The highest BCUT2D eigenvalue weighted by Crippen LogP contribution is 2.52. The first-order valence-electron chi connectivity index (χ1n) is 6.52. The fraction of sp³-hybridized carbons (Fsp3) is 1.00. The van der Waals surface area contributed by atoms with Crippen molar-refractivity contribution in [1.82, 2.24) is 0 Å². The minimum absolute atomic E-state index is 2.60. The van der Waals surface area contributed by atoms with Crippen molar-refractivity contribution in [2.24, 2.45) is 0 Å². The third-order valence-corrected chi connectivity index (χ3v) is 5.10. The van der Waals surface area contributed by atoms with Crippen LogP contribution in [0.25, 0.3) is 0 Å². The van der Waals surface area contributed by atoms with Gasteiger partial charge in [-0.25, -0.2) is 18.3 Å². The van der Waals surface area contributed by atoms with Crippen LogP contribution in [0.5, 0.6) is 0 Å². The second kappa shape index (κ2) is 8.85. The van der Waals surface area contributed by atoms with Gasteiger partial charge in [-0.1, -0.05) is 0 Å². The van der Waals surface area contributed by atoms with Crippen molar-refractivity contribution in [3.05, 3.63) is 0 Å². The molecular weight excluding hydrogens is 484 g/mol. The van der Waals surface area contributed by atoms with E-state index in [-0.39, 0.29) is 0 Å². The second-order valence-corrected chi connectivity index (χ2v) is 9.99. The molecule has 1 aliphatic carbocycles. The third kappa shape index (κ3) is 8.62. The van der Waals surface area contributed by atoms with Crippen molar-refractivity contribution in [3.8, 4) is 0 Å². The molecule has 0 amide bonds. The normalized spacial score (nSPS) is 33.1. The standard InChI is InChI=1S/C6H16O18P4/c7-1-2(8)4(22-26(12,13)14)6(24-28(18,19)20)5(23-27(15,16)17)3(1)21-25(9,10)11/h1-8H,(H2,9,10,11)(H2,12,13,14)(H2,15,16,17)(H2,18,19,20)/t1-,2-,3+,4+,5-,6-/m0/s1. The first-order chi connectivity index (χ1) is 12.2. The van der Waals surface area contributed by atoms with Crippen molar-refractivity contribution in [2.45, 2.75) is 36.6 Å². The highest BCUT2D eigenvalue weighted by Gasteiger charge is 2.58. The lowest BCUT2D eigenvalue weighted by Crippen LogP contribution is -2.65. The number of hydrogen-bond donors (Lipinski definition) is 10. The van der Waals surface area contributed by atoms with Gasteiger partial charge in [0.1, 0.15) is 36.6 Å². The first kappa shape index (κ1) is 26.4. The van der Waals surface area contributed by atoms with Crippen LogP contribution in [0.15, 0.2) is 0 Å². The molecule has 1 rings (SSSR count). The van der Waals surface area contributed by atoms with Crippen molar-refractivity contribution in [1.29, 1.82) is 0 Å². The van der Waals surface area contributed by atoms with E-state index in [9.17, 15) is 28.5 Å². The molecule has 28 heavy (non-hydrogen) atoms. The molecule has 10 N–H and O–H groups in total. The monoisotopic (exact) mass is 500 g/mol. The summed E-state index contributed by atoms with van der Waals surface area (Å²) in [5.41, 5.74) is 0. The molecule has 1 aliphatic rings. The Labute approximate surface area is 154 Å². The Kier molecular flexibility index (Phi) is 8.34. The molecule has 0 heterocycles. The first-order valence-corrected chi connectivity index (χ1v) is 12.6. The van der Waals surface area contributed by atoms with E-state index in [2.05, 4.69) is 18.1 Å². The fourth-order valence-electron chi connectivity index (χ4n) is 2.27. The molecule has 0 aromatic carbocycles. The van der Waals surface area contributed by atoms with Crippen LogP contribution < -0.4 is 0 Å². The zero-order valence-electron chi connectivity index (χ0n) is 13.0. The van der Waals surface area contributed by atoms with Crippen LogP contribution in [-0.4, -0.2) is 86.0 Å². The van der Waals surface area contributed by atoms with Crippen molar-refractivity contribution in [2.75, 3.05) is 0 Å². The summed E-state index contributed by atoms with van der Waals surface area (Å²) in [6, 6.07) is 0. The van der Waals surface area contributed by atoms with E-state index < -0.39 is 67.9 Å². The van der Waals surface area contributed by atoms with Crippen molar-refractivity contribution >= 4 is 31.3 Å². The lowest BCUT2D eigenvalue weighted by molar-refractivity contribution is -0.209. The van der Waals surface area contributed by atoms with Crippen LogP contribution in [0.4, 0.5) is 0 Å². The molecule has 0 radical (unpaired) electrons. The zero-order chi connectivity index (χ0) is 22.3. The van der Waals surface area contributed by atoms with Gasteiger partial charge in [0.05, 0.1) is 0 Å². The summed E-state index contributed by atoms with van der Waals surface area (Å²) >= 11 is 0. The lowest BCUT2D eigenvalue weighted by Gasteiger charge is -2.45. The molecule has 0 spiro atoms. The van der Waals surface area contributed by atoms with Gasteiger partial charge in [-0.05, 0) is 0 Å². The topological polar surface area (TPSA) is 308 Å². The summed E-state index contributed by atoms with van der Waals surface area (Å²) in [6.45, 7) is 0. The van der Waals surface area contributed by atoms with Crippen LogP contribution in [0.1, 0.15) is 0 Å². The van der Waals surface area contributed by atoms with Crippen LogP contribution in [-0.2, 0) is 36.4 Å². The Morgan fingerprint density at radius 1 is 0.429 bits per heavy atom. The molecule has 168 valence electrons. The lowest BCUT2D eigenvalue weighted by atomic mass is 9.85. The van der Waals surface area contributed by atoms with Gasteiger partial charge in [0.15, 0.2) is 0 Å². The molecule has 0 saturated heterocycles. The Morgan fingerprint density at radius 2 is 0.607 bits per heavy atom. The molecule has 22 heteroatoms. The molecule has 18 nitrogen and oxygen atoms in total. The van der Waals surface area contributed by atoms with E-state index in [0.717, 1.165) is 0 Å². The number of hydrogen-bond acceptors (Lipinski definition) is 10. The fourth-order valence-corrected chi connectivity index (χ4v) is 4.51. The van der Waals surface area contributed by atoms with Crippen LogP contribution in [0.2, 0.25) is 0 Å². The smallest absolute Gasteiger partial charge is 0.387 e. The molecule has 0 aromatic heterocycles. The van der Waals surface area contributed by atoms with E-state index >= 15 is 0 Å². The number of aliphatic hydroxyl groups is 2. The summed E-state index contributed by atoms with van der Waals surface area (Å²) in [7, 11) is -22.5. The van der Waals surface area contributed by atoms with E-state index in [1.807, 2.05) is 0 Å². The predicted octanol–water partition coefficient (Wildman–Crippen LogP) is -3.37. The molecule has 1 fully saturated rings. The summed E-state index contributed by atoms with van der Waals surface area (Å²) < 4.78 is 60.6. The number of rotatable bonds is 8. The highest BCUT2D eigenvalue weighted by molar-refractivity contribution is 7.47. The summed E-state index contributed by atoms with van der Waals surface area (Å²) in [5.74, 6) is 0. The maximum atomic E-state index is 11.1. The maximum Gasteiger partial charge on any atom is 0.470 e. The maximum absolute atomic E-state index is 11.1. The average molecular weight is 500 g/mol. The molecule has 0 unspecified atom stereocenters.